The Balaban J connectivity index is 2.08. The normalized spacial score (nSPS) is 15.9. The van der Waals surface area contributed by atoms with E-state index in [4.69, 9.17) is 22.6 Å². The van der Waals surface area contributed by atoms with Crippen LogP contribution in [0.25, 0.3) is 0 Å². The fourth-order valence-corrected chi connectivity index (χ4v) is 2.37. The lowest BCUT2D eigenvalue weighted by Gasteiger charge is -2.36. The van der Waals surface area contributed by atoms with Crippen LogP contribution in [0.3, 0.4) is 0 Å². The predicted octanol–water partition coefficient (Wildman–Crippen LogP) is 0.590. The van der Waals surface area contributed by atoms with Crippen LogP contribution < -0.4 is 10.6 Å². The summed E-state index contributed by atoms with van der Waals surface area (Å²) < 4.78 is 0. The number of rotatable bonds is 2. The zero-order valence-corrected chi connectivity index (χ0v) is 9.18. The quantitative estimate of drug-likeness (QED) is 0.823. The first-order valence-electron chi connectivity index (χ1n) is 4.22. The van der Waals surface area contributed by atoms with Gasteiger partial charge in [0.15, 0.2) is 10.3 Å². The topological polar surface area (TPSA) is 83.0 Å². The van der Waals surface area contributed by atoms with Crippen molar-refractivity contribution in [3.63, 3.8) is 0 Å². The molecule has 5 nitrogen and oxygen atoms in total. The summed E-state index contributed by atoms with van der Waals surface area (Å²) in [6, 6.07) is 1.96. The molecule has 0 aliphatic carbocycles. The number of halogens is 1. The summed E-state index contributed by atoms with van der Waals surface area (Å²) >= 11 is 6.95. The minimum absolute atomic E-state index is 0.113. The van der Waals surface area contributed by atoms with Crippen molar-refractivity contribution < 1.29 is 4.79 Å². The number of primary amides is 1. The monoisotopic (exact) mass is 242 g/mol. The summed E-state index contributed by atoms with van der Waals surface area (Å²) in [7, 11) is 0. The average Bonchev–Trinajstić information content (AvgIpc) is 2.43. The third-order valence-electron chi connectivity index (χ3n) is 2.23. The molecule has 15 heavy (non-hydrogen) atoms. The molecule has 1 amide bonds. The maximum Gasteiger partial charge on any atom is 0.224 e. The van der Waals surface area contributed by atoms with E-state index in [-0.39, 0.29) is 17.0 Å². The van der Waals surface area contributed by atoms with Crippen LogP contribution in [0.4, 0.5) is 5.13 Å². The second-order valence-electron chi connectivity index (χ2n) is 3.23. The summed E-state index contributed by atoms with van der Waals surface area (Å²) in [5.74, 6) is -0.410. The van der Waals surface area contributed by atoms with Crippen LogP contribution in [0.1, 0.15) is 4.88 Å². The van der Waals surface area contributed by atoms with Gasteiger partial charge in [0.05, 0.1) is 5.92 Å². The van der Waals surface area contributed by atoms with Gasteiger partial charge in [-0.15, -0.1) is 0 Å². The molecule has 1 aromatic heterocycles. The van der Waals surface area contributed by atoms with Crippen molar-refractivity contribution in [1.29, 1.82) is 5.26 Å². The van der Waals surface area contributed by atoms with Crippen LogP contribution in [0.2, 0.25) is 5.15 Å². The number of nitrogens with two attached hydrogens (primary N) is 1. The lowest BCUT2D eigenvalue weighted by molar-refractivity contribution is -0.122. The fraction of sp³-hybridized carbons (Fsp3) is 0.375. The molecule has 1 aromatic rings. The molecule has 78 valence electrons. The molecule has 2 heterocycles. The van der Waals surface area contributed by atoms with Gasteiger partial charge >= 0.3 is 0 Å². The van der Waals surface area contributed by atoms with Crippen LogP contribution in [0.15, 0.2) is 0 Å². The van der Waals surface area contributed by atoms with E-state index >= 15 is 0 Å². The van der Waals surface area contributed by atoms with Gasteiger partial charge in [-0.1, -0.05) is 22.9 Å². The van der Waals surface area contributed by atoms with Crippen molar-refractivity contribution in [3.8, 4) is 6.07 Å². The first kappa shape index (κ1) is 10.2. The number of anilines is 1. The standard InChI is InChI=1S/C8H7ClN4OS/c9-6-5(1-10)15-8(12-6)13-2-4(3-13)7(11)14/h4H,2-3H2,(H2,11,14). The Morgan fingerprint density at radius 3 is 2.87 bits per heavy atom. The second-order valence-corrected chi connectivity index (χ2v) is 4.57. The first-order chi connectivity index (χ1) is 7.11. The molecule has 0 radical (unpaired) electrons. The van der Waals surface area contributed by atoms with Crippen LogP contribution in [0, 0.1) is 17.2 Å². The number of carbonyl (C=O) groups is 1. The lowest BCUT2D eigenvalue weighted by atomic mass is 10.0. The first-order valence-corrected chi connectivity index (χ1v) is 5.42. The number of nitriles is 1. The molecule has 0 bridgehead atoms. The predicted molar refractivity (Wildman–Crippen MR) is 56.7 cm³/mol. The maximum absolute atomic E-state index is 10.8. The van der Waals surface area contributed by atoms with Crippen molar-refractivity contribution in [1.82, 2.24) is 4.98 Å². The number of thiazole rings is 1. The summed E-state index contributed by atoms with van der Waals surface area (Å²) in [6.45, 7) is 1.12. The third kappa shape index (κ3) is 1.76. The van der Waals surface area contributed by atoms with Gasteiger partial charge in [0.25, 0.3) is 0 Å². The molecule has 1 fully saturated rings. The summed E-state index contributed by atoms with van der Waals surface area (Å²) in [5, 5.41) is 9.59. The molecule has 2 rings (SSSR count). The second kappa shape index (κ2) is 3.68. The fourth-order valence-electron chi connectivity index (χ4n) is 1.31. The SMILES string of the molecule is N#Cc1sc(N2CC(C(N)=O)C2)nc1Cl. The van der Waals surface area contributed by atoms with Crippen molar-refractivity contribution >= 4 is 34.0 Å². The van der Waals surface area contributed by atoms with E-state index in [9.17, 15) is 4.79 Å². The molecule has 1 aliphatic rings. The van der Waals surface area contributed by atoms with Gasteiger partial charge in [0, 0.05) is 13.1 Å². The van der Waals surface area contributed by atoms with E-state index in [0.717, 1.165) is 0 Å². The van der Waals surface area contributed by atoms with Crippen molar-refractivity contribution in [3.05, 3.63) is 10.0 Å². The van der Waals surface area contributed by atoms with E-state index < -0.39 is 0 Å². The Kier molecular flexibility index (Phi) is 2.50. The van der Waals surface area contributed by atoms with Gasteiger partial charge < -0.3 is 10.6 Å². The zero-order valence-electron chi connectivity index (χ0n) is 7.61. The Morgan fingerprint density at radius 2 is 2.40 bits per heavy atom. The molecule has 0 saturated carbocycles. The molecular weight excluding hydrogens is 236 g/mol. The number of carbonyl (C=O) groups excluding carboxylic acids is 1. The van der Waals surface area contributed by atoms with Gasteiger partial charge in [-0.05, 0) is 0 Å². The van der Waals surface area contributed by atoms with Crippen LogP contribution in [0.5, 0.6) is 0 Å². The van der Waals surface area contributed by atoms with E-state index in [1.165, 1.54) is 11.3 Å². The van der Waals surface area contributed by atoms with Crippen molar-refractivity contribution in [2.75, 3.05) is 18.0 Å². The lowest BCUT2D eigenvalue weighted by Crippen LogP contribution is -2.52. The minimum atomic E-state index is -0.297. The van der Waals surface area contributed by atoms with Crippen LogP contribution >= 0.6 is 22.9 Å². The Morgan fingerprint density at radius 1 is 1.73 bits per heavy atom. The highest BCUT2D eigenvalue weighted by Gasteiger charge is 2.33. The third-order valence-corrected chi connectivity index (χ3v) is 3.64. The molecule has 0 aromatic carbocycles. The van der Waals surface area contributed by atoms with E-state index in [2.05, 4.69) is 4.98 Å². The largest absolute Gasteiger partial charge is 0.369 e. The van der Waals surface area contributed by atoms with E-state index in [1.54, 1.807) is 0 Å². The Bertz CT molecular complexity index is 446. The highest BCUT2D eigenvalue weighted by Crippen LogP contribution is 2.32. The average molecular weight is 243 g/mol. The highest BCUT2D eigenvalue weighted by atomic mass is 35.5. The van der Waals surface area contributed by atoms with Gasteiger partial charge in [-0.3, -0.25) is 4.79 Å². The smallest absolute Gasteiger partial charge is 0.224 e. The number of aromatic nitrogens is 1. The Labute approximate surface area is 95.1 Å². The summed E-state index contributed by atoms with van der Waals surface area (Å²) in [6.07, 6.45) is 0. The molecule has 1 aliphatic heterocycles. The number of hydrogen-bond donors (Lipinski definition) is 1. The van der Waals surface area contributed by atoms with Crippen LogP contribution in [-0.4, -0.2) is 24.0 Å². The molecular formula is C8H7ClN4OS. The summed E-state index contributed by atoms with van der Waals surface area (Å²) in [5.41, 5.74) is 5.14. The minimum Gasteiger partial charge on any atom is -0.369 e. The van der Waals surface area contributed by atoms with Crippen molar-refractivity contribution in [2.24, 2.45) is 11.7 Å². The molecule has 7 heteroatoms. The molecule has 0 spiro atoms. The summed E-state index contributed by atoms with van der Waals surface area (Å²) in [4.78, 5) is 17.1. The highest BCUT2D eigenvalue weighted by molar-refractivity contribution is 7.16. The molecule has 1 saturated heterocycles. The molecule has 2 N–H and O–H groups in total. The molecule has 0 atom stereocenters. The maximum atomic E-state index is 10.8. The number of amides is 1. The number of nitrogens with zero attached hydrogens (tertiary/aromatic N) is 3. The van der Waals surface area contributed by atoms with E-state index in [1.807, 2.05) is 11.0 Å². The van der Waals surface area contributed by atoms with E-state index in [0.29, 0.717) is 23.1 Å². The van der Waals surface area contributed by atoms with Gasteiger partial charge in [0.1, 0.15) is 10.9 Å². The van der Waals surface area contributed by atoms with Gasteiger partial charge in [-0.25, -0.2) is 4.98 Å². The van der Waals surface area contributed by atoms with Crippen LogP contribution in [-0.2, 0) is 4.79 Å². The number of hydrogen-bond acceptors (Lipinski definition) is 5. The molecule has 0 unspecified atom stereocenters. The van der Waals surface area contributed by atoms with Gasteiger partial charge in [-0.2, -0.15) is 5.26 Å². The Hall–Kier alpha value is -1.32. The van der Waals surface area contributed by atoms with Gasteiger partial charge in [0.2, 0.25) is 5.91 Å². The van der Waals surface area contributed by atoms with Crippen molar-refractivity contribution in [2.45, 2.75) is 0 Å². The zero-order chi connectivity index (χ0) is 11.0.